The van der Waals surface area contributed by atoms with E-state index in [1.165, 1.54) is 12.7 Å². The van der Waals surface area contributed by atoms with Gasteiger partial charge in [0, 0.05) is 24.5 Å². The summed E-state index contributed by atoms with van der Waals surface area (Å²) in [5.41, 5.74) is 1.20. The second kappa shape index (κ2) is 6.14. The van der Waals surface area contributed by atoms with E-state index in [2.05, 4.69) is 17.0 Å². The molecule has 3 rings (SSSR count). The highest BCUT2D eigenvalue weighted by molar-refractivity contribution is 5.75. The van der Waals surface area contributed by atoms with Crippen LogP contribution in [-0.2, 0) is 9.53 Å². The zero-order valence-corrected chi connectivity index (χ0v) is 12.4. The number of methoxy groups -OCH3 is 1. The average molecular weight is 290 g/mol. The first-order valence-corrected chi connectivity index (χ1v) is 7.70. The van der Waals surface area contributed by atoms with Gasteiger partial charge in [-0.1, -0.05) is 30.3 Å². The summed E-state index contributed by atoms with van der Waals surface area (Å²) >= 11 is 0. The van der Waals surface area contributed by atoms with Crippen LogP contribution < -0.4 is 0 Å². The molecule has 0 amide bonds. The van der Waals surface area contributed by atoms with Crippen molar-refractivity contribution in [1.82, 2.24) is 4.90 Å². The molecule has 2 fully saturated rings. The minimum atomic E-state index is -0.350. The normalized spacial score (nSPS) is 32.1. The minimum Gasteiger partial charge on any atom is -0.469 e. The molecule has 0 saturated carbocycles. The summed E-state index contributed by atoms with van der Waals surface area (Å²) in [6.45, 7) is 0.0846. The molecule has 4 atom stereocenters. The summed E-state index contributed by atoms with van der Waals surface area (Å²) < 4.78 is 17.9. The molecular weight excluding hydrogens is 268 g/mol. The van der Waals surface area contributed by atoms with Crippen molar-refractivity contribution in [3.05, 3.63) is 35.9 Å². The maximum Gasteiger partial charge on any atom is 0.310 e. The Bertz CT molecular complexity index is 493. The molecule has 0 aliphatic carbocycles. The Hall–Kier alpha value is -1.42. The summed E-state index contributed by atoms with van der Waals surface area (Å²) in [7, 11) is 1.45. The van der Waals surface area contributed by atoms with Crippen LogP contribution in [0.4, 0.5) is 4.39 Å². The zero-order valence-electron chi connectivity index (χ0n) is 12.4. The monoisotopic (exact) mass is 290 g/mol. The molecule has 0 radical (unpaired) electrons. The lowest BCUT2D eigenvalue weighted by Gasteiger charge is -2.43. The molecule has 1 aromatic carbocycles. The number of nitrogens with zero attached hydrogens (tertiary/aromatic N) is 1. The van der Waals surface area contributed by atoms with E-state index in [1.54, 1.807) is 0 Å². The van der Waals surface area contributed by atoms with Crippen molar-refractivity contribution in [2.45, 2.75) is 37.3 Å². The number of benzene rings is 1. The predicted molar refractivity (Wildman–Crippen MR) is 78.8 cm³/mol. The fourth-order valence-corrected chi connectivity index (χ4v) is 4.26. The third kappa shape index (κ3) is 2.57. The molecule has 4 heteroatoms. The molecule has 0 aromatic heterocycles. The number of hydrogen-bond acceptors (Lipinski definition) is 3. The van der Waals surface area contributed by atoms with Crippen LogP contribution in [-0.4, -0.2) is 43.3 Å². The number of hydrogen-bond donors (Lipinski definition) is 0. The maximum atomic E-state index is 12.8. The van der Waals surface area contributed by atoms with Gasteiger partial charge in [0.05, 0.1) is 13.0 Å². The number of carbonyl (C=O) groups excluding carboxylic acids is 1. The van der Waals surface area contributed by atoms with Crippen molar-refractivity contribution in [2.75, 3.05) is 20.3 Å². The largest absolute Gasteiger partial charge is 0.469 e. The number of ether oxygens (including phenoxy) is 1. The van der Waals surface area contributed by atoms with Crippen LogP contribution in [0.15, 0.2) is 30.3 Å². The molecule has 0 spiro atoms. The van der Waals surface area contributed by atoms with Crippen LogP contribution in [0.25, 0.3) is 0 Å². The highest BCUT2D eigenvalue weighted by Gasteiger charge is 2.50. The van der Waals surface area contributed by atoms with E-state index in [9.17, 15) is 9.18 Å². The van der Waals surface area contributed by atoms with Crippen molar-refractivity contribution < 1.29 is 13.9 Å². The number of rotatable bonds is 4. The summed E-state index contributed by atoms with van der Waals surface area (Å²) in [5, 5.41) is 0. The molecule has 2 saturated heterocycles. The fourth-order valence-electron chi connectivity index (χ4n) is 4.26. The van der Waals surface area contributed by atoms with Crippen LogP contribution in [0.2, 0.25) is 0 Å². The maximum absolute atomic E-state index is 12.8. The quantitative estimate of drug-likeness (QED) is 0.799. The van der Waals surface area contributed by atoms with Gasteiger partial charge in [0.2, 0.25) is 0 Å². The molecule has 0 N–H and O–H groups in total. The molecule has 21 heavy (non-hydrogen) atoms. The molecule has 2 aliphatic heterocycles. The van der Waals surface area contributed by atoms with Crippen LogP contribution in [0.3, 0.4) is 0 Å². The Kier molecular flexibility index (Phi) is 4.24. The van der Waals surface area contributed by atoms with E-state index < -0.39 is 0 Å². The number of halogens is 1. The summed E-state index contributed by atoms with van der Waals surface area (Å²) in [6, 6.07) is 10.7. The van der Waals surface area contributed by atoms with Crippen LogP contribution >= 0.6 is 0 Å². The van der Waals surface area contributed by atoms with Gasteiger partial charge in [-0.05, 0) is 24.8 Å². The molecule has 1 aromatic rings. The van der Waals surface area contributed by atoms with Crippen LogP contribution in [0.5, 0.6) is 0 Å². The number of carbonyl (C=O) groups is 1. The van der Waals surface area contributed by atoms with Gasteiger partial charge < -0.3 is 4.74 Å². The molecule has 2 aliphatic rings. The fraction of sp³-hybridized carbons (Fsp3) is 0.588. The van der Waals surface area contributed by atoms with Gasteiger partial charge in [-0.15, -0.1) is 0 Å². The SMILES string of the molecule is COC(=O)C1C(c2ccccc2)CC2CCC1N2CC[18F]. The van der Waals surface area contributed by atoms with Gasteiger partial charge >= 0.3 is 5.97 Å². The average Bonchev–Trinajstić information content (AvgIpc) is 2.80. The topological polar surface area (TPSA) is 29.5 Å². The van der Waals surface area contributed by atoms with E-state index in [1.807, 2.05) is 18.2 Å². The van der Waals surface area contributed by atoms with E-state index >= 15 is 0 Å². The van der Waals surface area contributed by atoms with E-state index in [4.69, 9.17) is 4.74 Å². The Morgan fingerprint density at radius 2 is 2.10 bits per heavy atom. The summed E-state index contributed by atoms with van der Waals surface area (Å²) in [5.74, 6) is -0.146. The molecule has 2 bridgehead atoms. The smallest absolute Gasteiger partial charge is 0.310 e. The Balaban J connectivity index is 1.92. The lowest BCUT2D eigenvalue weighted by atomic mass is 9.76. The van der Waals surface area contributed by atoms with Crippen molar-refractivity contribution in [1.29, 1.82) is 0 Å². The van der Waals surface area contributed by atoms with E-state index in [-0.39, 0.29) is 30.5 Å². The number of esters is 1. The van der Waals surface area contributed by atoms with E-state index in [0.29, 0.717) is 12.6 Å². The minimum absolute atomic E-state index is 0.122. The van der Waals surface area contributed by atoms with Gasteiger partial charge in [0.25, 0.3) is 0 Å². The number of piperidine rings is 1. The third-order valence-corrected chi connectivity index (χ3v) is 5.11. The number of fused-ring (bicyclic) bond motifs is 2. The van der Waals surface area contributed by atoms with Gasteiger partial charge in [0.15, 0.2) is 0 Å². The Labute approximate surface area is 125 Å². The highest BCUT2D eigenvalue weighted by Crippen LogP contribution is 2.47. The molecule has 2 heterocycles. The lowest BCUT2D eigenvalue weighted by molar-refractivity contribution is -0.150. The summed E-state index contributed by atoms with van der Waals surface area (Å²) in [4.78, 5) is 14.5. The van der Waals surface area contributed by atoms with Crippen LogP contribution in [0, 0.1) is 5.92 Å². The molecular formula is C17H22FNO2. The second-order valence-electron chi connectivity index (χ2n) is 6.03. The highest BCUT2D eigenvalue weighted by atomic mass is 18.2. The van der Waals surface area contributed by atoms with Crippen molar-refractivity contribution in [3.8, 4) is 0 Å². The first kappa shape index (κ1) is 14.5. The Morgan fingerprint density at radius 1 is 1.33 bits per heavy atom. The molecule has 114 valence electrons. The van der Waals surface area contributed by atoms with Gasteiger partial charge in [-0.3, -0.25) is 9.69 Å². The van der Waals surface area contributed by atoms with Gasteiger partial charge in [-0.25, -0.2) is 4.39 Å². The molecule has 4 unspecified atom stereocenters. The lowest BCUT2D eigenvalue weighted by Crippen LogP contribution is -2.51. The van der Waals surface area contributed by atoms with Crippen molar-refractivity contribution in [3.63, 3.8) is 0 Å². The standard InChI is InChI=1S/C17H22FNO2/c1-21-17(20)16-14(12-5-3-2-4-6-12)11-13-7-8-15(16)19(13)10-9-18/h2-6,13-16H,7-11H2,1H3/i18-1. The zero-order chi connectivity index (χ0) is 14.8. The van der Waals surface area contributed by atoms with Gasteiger partial charge in [0.1, 0.15) is 6.67 Å². The third-order valence-electron chi connectivity index (χ3n) is 5.11. The van der Waals surface area contributed by atoms with Crippen LogP contribution in [0.1, 0.15) is 30.7 Å². The first-order valence-electron chi connectivity index (χ1n) is 7.70. The summed E-state index contributed by atoms with van der Waals surface area (Å²) in [6.07, 6.45) is 2.94. The first-order chi connectivity index (χ1) is 10.3. The molecule has 3 nitrogen and oxygen atoms in total. The van der Waals surface area contributed by atoms with Crippen molar-refractivity contribution >= 4 is 5.97 Å². The van der Waals surface area contributed by atoms with Gasteiger partial charge in [-0.2, -0.15) is 0 Å². The predicted octanol–water partition coefficient (Wildman–Crippen LogP) is 2.77. The Morgan fingerprint density at radius 3 is 2.76 bits per heavy atom. The van der Waals surface area contributed by atoms with Crippen molar-refractivity contribution in [2.24, 2.45) is 5.92 Å². The number of alkyl halides is 1. The van der Waals surface area contributed by atoms with E-state index in [0.717, 1.165) is 19.3 Å². The second-order valence-corrected chi connectivity index (χ2v) is 6.03.